The zero-order valence-corrected chi connectivity index (χ0v) is 5.73. The van der Waals surface area contributed by atoms with Gasteiger partial charge in [-0.15, -0.1) is 0 Å². The van der Waals surface area contributed by atoms with Crippen molar-refractivity contribution in [2.75, 3.05) is 13.7 Å². The molecule has 0 aromatic heterocycles. The number of nitrogens with one attached hydrogen (secondary N) is 1. The van der Waals surface area contributed by atoms with Crippen LogP contribution in [0.3, 0.4) is 0 Å². The van der Waals surface area contributed by atoms with Crippen molar-refractivity contribution in [2.24, 2.45) is 0 Å². The lowest BCUT2D eigenvalue weighted by atomic mass is 10.5. The van der Waals surface area contributed by atoms with Crippen molar-refractivity contribution in [2.45, 2.75) is 6.92 Å². The summed E-state index contributed by atoms with van der Waals surface area (Å²) in [5, 5.41) is 2.73. The van der Waals surface area contributed by atoms with Gasteiger partial charge in [-0.3, -0.25) is 0 Å². The normalized spacial score (nSPS) is 8.22. The van der Waals surface area contributed by atoms with E-state index >= 15 is 0 Å². The summed E-state index contributed by atoms with van der Waals surface area (Å²) < 4.78 is 4.36. The molecule has 0 aromatic carbocycles. The highest BCUT2D eigenvalue weighted by molar-refractivity contribution is 5.86. The average molecular weight is 129 g/mol. The molecule has 0 saturated heterocycles. The SMILES string of the molecule is C=C(NCC)C(=O)OC. The van der Waals surface area contributed by atoms with Crippen LogP contribution >= 0.6 is 0 Å². The van der Waals surface area contributed by atoms with E-state index in [-0.39, 0.29) is 0 Å². The van der Waals surface area contributed by atoms with E-state index in [4.69, 9.17) is 0 Å². The molecule has 0 fully saturated rings. The van der Waals surface area contributed by atoms with Crippen LogP contribution in [0.15, 0.2) is 12.3 Å². The molecule has 0 radical (unpaired) electrons. The molecule has 0 heterocycles. The Bertz CT molecular complexity index is 120. The summed E-state index contributed by atoms with van der Waals surface area (Å²) in [6.07, 6.45) is 0. The lowest BCUT2D eigenvalue weighted by molar-refractivity contribution is -0.136. The summed E-state index contributed by atoms with van der Waals surface area (Å²) in [4.78, 5) is 10.5. The van der Waals surface area contributed by atoms with Crippen molar-refractivity contribution in [1.82, 2.24) is 5.32 Å². The van der Waals surface area contributed by atoms with E-state index in [0.717, 1.165) is 0 Å². The molecule has 0 amide bonds. The van der Waals surface area contributed by atoms with Crippen LogP contribution in [0.2, 0.25) is 0 Å². The Labute approximate surface area is 54.7 Å². The molecule has 0 spiro atoms. The summed E-state index contributed by atoms with van der Waals surface area (Å²) in [6, 6.07) is 0. The summed E-state index contributed by atoms with van der Waals surface area (Å²) >= 11 is 0. The number of ether oxygens (including phenoxy) is 1. The number of rotatable bonds is 3. The molecule has 0 atom stereocenters. The second-order valence-electron chi connectivity index (χ2n) is 1.50. The number of hydrogen-bond donors (Lipinski definition) is 1. The lowest BCUT2D eigenvalue weighted by Crippen LogP contribution is -2.19. The Morgan fingerprint density at radius 2 is 2.33 bits per heavy atom. The molecule has 0 aromatic rings. The summed E-state index contributed by atoms with van der Waals surface area (Å²) in [5.41, 5.74) is 0.306. The van der Waals surface area contributed by atoms with Crippen molar-refractivity contribution in [3.05, 3.63) is 12.3 Å². The van der Waals surface area contributed by atoms with E-state index < -0.39 is 5.97 Å². The second kappa shape index (κ2) is 3.95. The van der Waals surface area contributed by atoms with Gasteiger partial charge in [-0.25, -0.2) is 4.79 Å². The van der Waals surface area contributed by atoms with Crippen molar-refractivity contribution < 1.29 is 9.53 Å². The molecular formula is C6H11NO2. The van der Waals surface area contributed by atoms with Crippen LogP contribution in [0, 0.1) is 0 Å². The zero-order chi connectivity index (χ0) is 7.28. The Kier molecular flexibility index (Phi) is 3.51. The minimum Gasteiger partial charge on any atom is -0.464 e. The predicted octanol–water partition coefficient (Wildman–Crippen LogP) is 0.283. The number of esters is 1. The van der Waals surface area contributed by atoms with Crippen LogP contribution in [0.4, 0.5) is 0 Å². The largest absolute Gasteiger partial charge is 0.464 e. The van der Waals surface area contributed by atoms with Gasteiger partial charge in [0.05, 0.1) is 7.11 Å². The summed E-state index contributed by atoms with van der Waals surface area (Å²) in [5.74, 6) is -0.406. The molecule has 0 aliphatic carbocycles. The molecule has 0 saturated carbocycles. The van der Waals surface area contributed by atoms with Gasteiger partial charge in [-0.2, -0.15) is 0 Å². The molecule has 52 valence electrons. The molecular weight excluding hydrogens is 118 g/mol. The number of hydrogen-bond acceptors (Lipinski definition) is 3. The molecule has 9 heavy (non-hydrogen) atoms. The first kappa shape index (κ1) is 8.01. The van der Waals surface area contributed by atoms with Crippen LogP contribution in [-0.2, 0) is 9.53 Å². The van der Waals surface area contributed by atoms with Gasteiger partial charge in [0.25, 0.3) is 0 Å². The van der Waals surface area contributed by atoms with Gasteiger partial charge in [-0.05, 0) is 6.92 Å². The molecule has 1 N–H and O–H groups in total. The van der Waals surface area contributed by atoms with Crippen LogP contribution in [0.25, 0.3) is 0 Å². The fourth-order valence-electron chi connectivity index (χ4n) is 0.409. The maximum atomic E-state index is 10.5. The number of carbonyl (C=O) groups is 1. The maximum Gasteiger partial charge on any atom is 0.353 e. The third kappa shape index (κ3) is 2.74. The highest BCUT2D eigenvalue weighted by atomic mass is 16.5. The molecule has 3 nitrogen and oxygen atoms in total. The lowest BCUT2D eigenvalue weighted by Gasteiger charge is -2.02. The van der Waals surface area contributed by atoms with Crippen molar-refractivity contribution in [1.29, 1.82) is 0 Å². The highest BCUT2D eigenvalue weighted by Crippen LogP contribution is 1.85. The van der Waals surface area contributed by atoms with E-state index in [1.54, 1.807) is 0 Å². The van der Waals surface area contributed by atoms with Gasteiger partial charge in [-0.1, -0.05) is 6.58 Å². The second-order valence-corrected chi connectivity index (χ2v) is 1.50. The smallest absolute Gasteiger partial charge is 0.353 e. The number of likely N-dealkylation sites (N-methyl/N-ethyl adjacent to an activating group) is 1. The van der Waals surface area contributed by atoms with Crippen LogP contribution in [0.1, 0.15) is 6.92 Å². The molecule has 0 aliphatic rings. The maximum absolute atomic E-state index is 10.5. The third-order valence-electron chi connectivity index (χ3n) is 0.822. The van der Waals surface area contributed by atoms with Crippen LogP contribution in [0.5, 0.6) is 0 Å². The molecule has 3 heteroatoms. The predicted molar refractivity (Wildman–Crippen MR) is 34.8 cm³/mol. The quantitative estimate of drug-likeness (QED) is 0.439. The minimum atomic E-state index is -0.406. The van der Waals surface area contributed by atoms with Crippen LogP contribution in [-0.4, -0.2) is 19.6 Å². The van der Waals surface area contributed by atoms with Gasteiger partial charge in [0.2, 0.25) is 0 Å². The first-order chi connectivity index (χ1) is 4.22. The summed E-state index contributed by atoms with van der Waals surface area (Å²) in [7, 11) is 1.32. The first-order valence-electron chi connectivity index (χ1n) is 2.73. The molecule has 0 aliphatic heterocycles. The zero-order valence-electron chi connectivity index (χ0n) is 5.73. The van der Waals surface area contributed by atoms with Crippen molar-refractivity contribution in [3.63, 3.8) is 0 Å². The van der Waals surface area contributed by atoms with Gasteiger partial charge in [0.15, 0.2) is 0 Å². The van der Waals surface area contributed by atoms with Gasteiger partial charge >= 0.3 is 5.97 Å². The standard InChI is InChI=1S/C6H11NO2/c1-4-7-5(2)6(8)9-3/h7H,2,4H2,1,3H3. The fraction of sp³-hybridized carbons (Fsp3) is 0.500. The van der Waals surface area contributed by atoms with E-state index in [1.165, 1.54) is 7.11 Å². The topological polar surface area (TPSA) is 38.3 Å². The van der Waals surface area contributed by atoms with Gasteiger partial charge < -0.3 is 10.1 Å². The Balaban J connectivity index is 3.60. The highest BCUT2D eigenvalue weighted by Gasteiger charge is 2.02. The van der Waals surface area contributed by atoms with Crippen LogP contribution < -0.4 is 5.32 Å². The molecule has 0 bridgehead atoms. The van der Waals surface area contributed by atoms with E-state index in [1.807, 2.05) is 6.92 Å². The van der Waals surface area contributed by atoms with E-state index in [2.05, 4.69) is 16.6 Å². The summed E-state index contributed by atoms with van der Waals surface area (Å²) in [6.45, 7) is 6.00. The minimum absolute atomic E-state index is 0.306. The Morgan fingerprint density at radius 1 is 1.78 bits per heavy atom. The first-order valence-corrected chi connectivity index (χ1v) is 2.73. The van der Waals surface area contributed by atoms with Crippen molar-refractivity contribution in [3.8, 4) is 0 Å². The van der Waals surface area contributed by atoms with E-state index in [0.29, 0.717) is 12.2 Å². The van der Waals surface area contributed by atoms with Gasteiger partial charge in [0.1, 0.15) is 5.70 Å². The molecule has 0 rings (SSSR count). The molecule has 0 unspecified atom stereocenters. The number of methoxy groups -OCH3 is 1. The van der Waals surface area contributed by atoms with Crippen molar-refractivity contribution >= 4 is 5.97 Å². The monoisotopic (exact) mass is 129 g/mol. The van der Waals surface area contributed by atoms with Gasteiger partial charge in [0, 0.05) is 6.54 Å². The van der Waals surface area contributed by atoms with E-state index in [9.17, 15) is 4.79 Å². The Hall–Kier alpha value is -0.990. The Morgan fingerprint density at radius 3 is 2.67 bits per heavy atom. The fourth-order valence-corrected chi connectivity index (χ4v) is 0.409. The average Bonchev–Trinajstić information content (AvgIpc) is 1.87. The number of carbonyl (C=O) groups excluding carboxylic acids is 1. The third-order valence-corrected chi connectivity index (χ3v) is 0.822.